The number of thiazole rings is 1. The van der Waals surface area contributed by atoms with Crippen molar-refractivity contribution in [2.45, 2.75) is 24.8 Å². The number of aryl methyl sites for hydroxylation is 2. The van der Waals surface area contributed by atoms with E-state index in [9.17, 15) is 0 Å². The summed E-state index contributed by atoms with van der Waals surface area (Å²) in [4.78, 5) is 4.41. The topological polar surface area (TPSA) is 51.8 Å². The van der Waals surface area contributed by atoms with Gasteiger partial charge in [0.25, 0.3) is 5.22 Å². The highest BCUT2D eigenvalue weighted by Crippen LogP contribution is 2.26. The van der Waals surface area contributed by atoms with Crippen molar-refractivity contribution in [2.24, 2.45) is 0 Å². The van der Waals surface area contributed by atoms with Crippen LogP contribution in [0.1, 0.15) is 16.3 Å². The van der Waals surface area contributed by atoms with E-state index in [1.54, 1.807) is 11.3 Å². The van der Waals surface area contributed by atoms with Gasteiger partial charge in [0.1, 0.15) is 0 Å². The van der Waals surface area contributed by atoms with Crippen LogP contribution in [0.3, 0.4) is 0 Å². The van der Waals surface area contributed by atoms with Crippen molar-refractivity contribution < 1.29 is 4.42 Å². The van der Waals surface area contributed by atoms with Gasteiger partial charge in [-0.15, -0.1) is 21.5 Å². The summed E-state index contributed by atoms with van der Waals surface area (Å²) in [6.07, 6.45) is 0. The fourth-order valence-electron chi connectivity index (χ4n) is 1.69. The maximum absolute atomic E-state index is 5.65. The van der Waals surface area contributed by atoms with Gasteiger partial charge in [0.2, 0.25) is 5.89 Å². The highest BCUT2D eigenvalue weighted by Gasteiger charge is 2.09. The second kappa shape index (κ2) is 5.76. The first kappa shape index (κ1) is 13.3. The Morgan fingerprint density at radius 1 is 1.15 bits per heavy atom. The fraction of sp³-hybridized carbons (Fsp3) is 0.214. The Balaban J connectivity index is 1.69. The summed E-state index contributed by atoms with van der Waals surface area (Å²) >= 11 is 3.16. The lowest BCUT2D eigenvalue weighted by atomic mass is 10.1. The van der Waals surface area contributed by atoms with Crippen LogP contribution in [-0.4, -0.2) is 15.2 Å². The lowest BCUT2D eigenvalue weighted by Crippen LogP contribution is -1.80. The SMILES string of the molecule is Cc1ccc(-c2nnc(SCc3csc(C)n3)o2)cc1. The van der Waals surface area contributed by atoms with Crippen molar-refractivity contribution in [2.75, 3.05) is 0 Å². The lowest BCUT2D eigenvalue weighted by molar-refractivity contribution is 0.466. The quantitative estimate of drug-likeness (QED) is 0.679. The van der Waals surface area contributed by atoms with Crippen molar-refractivity contribution in [3.8, 4) is 11.5 Å². The molecule has 4 nitrogen and oxygen atoms in total. The monoisotopic (exact) mass is 303 g/mol. The van der Waals surface area contributed by atoms with Crippen molar-refractivity contribution in [3.63, 3.8) is 0 Å². The Labute approximate surface area is 125 Å². The van der Waals surface area contributed by atoms with E-state index < -0.39 is 0 Å². The molecular formula is C14H13N3OS2. The fourth-order valence-corrected chi connectivity index (χ4v) is 3.06. The van der Waals surface area contributed by atoms with Crippen molar-refractivity contribution >= 4 is 23.1 Å². The number of hydrogen-bond donors (Lipinski definition) is 0. The normalized spacial score (nSPS) is 10.9. The second-order valence-electron chi connectivity index (χ2n) is 4.39. The van der Waals surface area contributed by atoms with Gasteiger partial charge in [-0.1, -0.05) is 29.5 Å². The second-order valence-corrected chi connectivity index (χ2v) is 6.37. The lowest BCUT2D eigenvalue weighted by Gasteiger charge is -1.95. The number of thioether (sulfide) groups is 1. The molecule has 0 amide bonds. The molecule has 0 fully saturated rings. The summed E-state index contributed by atoms with van der Waals surface area (Å²) in [6, 6.07) is 8.04. The molecule has 0 radical (unpaired) electrons. The molecule has 0 aliphatic carbocycles. The third kappa shape index (κ3) is 3.08. The molecule has 20 heavy (non-hydrogen) atoms. The average Bonchev–Trinajstić information content (AvgIpc) is 3.06. The standard InChI is InChI=1S/C14H13N3OS2/c1-9-3-5-11(6-4-9)13-16-17-14(18-13)20-8-12-7-19-10(2)15-12/h3-7H,8H2,1-2H3. The molecule has 3 rings (SSSR count). The molecule has 6 heteroatoms. The molecule has 0 bridgehead atoms. The molecule has 2 heterocycles. The van der Waals surface area contributed by atoms with Gasteiger partial charge < -0.3 is 4.42 Å². The van der Waals surface area contributed by atoms with Crippen LogP contribution in [-0.2, 0) is 5.75 Å². The molecule has 0 saturated carbocycles. The van der Waals surface area contributed by atoms with Gasteiger partial charge in [-0.3, -0.25) is 0 Å². The van der Waals surface area contributed by atoms with Gasteiger partial charge in [0.05, 0.1) is 10.7 Å². The predicted molar refractivity (Wildman–Crippen MR) is 80.9 cm³/mol. The minimum Gasteiger partial charge on any atom is -0.411 e. The van der Waals surface area contributed by atoms with Gasteiger partial charge in [-0.2, -0.15) is 0 Å². The number of rotatable bonds is 4. The number of benzene rings is 1. The third-order valence-electron chi connectivity index (χ3n) is 2.72. The van der Waals surface area contributed by atoms with Crippen LogP contribution in [0.15, 0.2) is 39.3 Å². The van der Waals surface area contributed by atoms with Crippen molar-refractivity contribution in [1.82, 2.24) is 15.2 Å². The molecular weight excluding hydrogens is 290 g/mol. The van der Waals surface area contributed by atoms with E-state index >= 15 is 0 Å². The van der Waals surface area contributed by atoms with Crippen molar-refractivity contribution in [1.29, 1.82) is 0 Å². The Morgan fingerprint density at radius 2 is 1.95 bits per heavy atom. The highest BCUT2D eigenvalue weighted by atomic mass is 32.2. The first-order valence-corrected chi connectivity index (χ1v) is 8.01. The minimum atomic E-state index is 0.557. The van der Waals surface area contributed by atoms with E-state index in [2.05, 4.69) is 27.5 Å². The molecule has 0 saturated heterocycles. The van der Waals surface area contributed by atoms with E-state index in [1.807, 2.05) is 31.2 Å². The van der Waals surface area contributed by atoms with E-state index in [-0.39, 0.29) is 0 Å². The zero-order valence-electron chi connectivity index (χ0n) is 11.2. The molecule has 0 unspecified atom stereocenters. The third-order valence-corrected chi connectivity index (χ3v) is 4.39. The van der Waals surface area contributed by atoms with Gasteiger partial charge >= 0.3 is 0 Å². The predicted octanol–water partition coefficient (Wildman–Crippen LogP) is 4.10. The van der Waals surface area contributed by atoms with Gasteiger partial charge in [0, 0.05) is 16.7 Å². The first-order chi connectivity index (χ1) is 9.70. The van der Waals surface area contributed by atoms with E-state index in [4.69, 9.17) is 4.42 Å². The van der Waals surface area contributed by atoms with Crippen LogP contribution < -0.4 is 0 Å². The molecule has 0 aliphatic heterocycles. The van der Waals surface area contributed by atoms with Crippen LogP contribution in [0.4, 0.5) is 0 Å². The molecule has 0 N–H and O–H groups in total. The summed E-state index contributed by atoms with van der Waals surface area (Å²) in [6.45, 7) is 4.05. The van der Waals surface area contributed by atoms with E-state index in [0.717, 1.165) is 22.0 Å². The molecule has 102 valence electrons. The zero-order valence-corrected chi connectivity index (χ0v) is 12.8. The zero-order chi connectivity index (χ0) is 13.9. The summed E-state index contributed by atoms with van der Waals surface area (Å²) in [5.74, 6) is 1.31. The van der Waals surface area contributed by atoms with Crippen LogP contribution in [0.25, 0.3) is 11.5 Å². The molecule has 0 aliphatic rings. The van der Waals surface area contributed by atoms with Crippen LogP contribution in [0.2, 0.25) is 0 Å². The Hall–Kier alpha value is -1.66. The largest absolute Gasteiger partial charge is 0.411 e. The Bertz CT molecular complexity index is 703. The molecule has 3 aromatic rings. The minimum absolute atomic E-state index is 0.557. The van der Waals surface area contributed by atoms with Gasteiger partial charge in [-0.25, -0.2) is 4.98 Å². The highest BCUT2D eigenvalue weighted by molar-refractivity contribution is 7.98. The van der Waals surface area contributed by atoms with E-state index in [1.165, 1.54) is 17.3 Å². The molecule has 1 aromatic carbocycles. The maximum atomic E-state index is 5.65. The summed E-state index contributed by atoms with van der Waals surface area (Å²) in [5.41, 5.74) is 3.20. The van der Waals surface area contributed by atoms with Gasteiger partial charge in [-0.05, 0) is 26.0 Å². The Kier molecular flexibility index (Phi) is 3.84. The van der Waals surface area contributed by atoms with Crippen LogP contribution >= 0.6 is 23.1 Å². The average molecular weight is 303 g/mol. The summed E-state index contributed by atoms with van der Waals surface area (Å²) in [7, 11) is 0. The summed E-state index contributed by atoms with van der Waals surface area (Å²) in [5, 5.41) is 11.8. The van der Waals surface area contributed by atoms with Crippen molar-refractivity contribution in [3.05, 3.63) is 45.9 Å². The molecule has 0 spiro atoms. The summed E-state index contributed by atoms with van der Waals surface area (Å²) < 4.78 is 5.65. The maximum Gasteiger partial charge on any atom is 0.277 e. The smallest absolute Gasteiger partial charge is 0.277 e. The molecule has 2 aromatic heterocycles. The first-order valence-electron chi connectivity index (χ1n) is 6.15. The number of hydrogen-bond acceptors (Lipinski definition) is 6. The Morgan fingerprint density at radius 3 is 2.65 bits per heavy atom. The van der Waals surface area contributed by atoms with Crippen LogP contribution in [0.5, 0.6) is 0 Å². The molecule has 0 atom stereocenters. The number of aromatic nitrogens is 3. The van der Waals surface area contributed by atoms with E-state index in [0.29, 0.717) is 11.1 Å². The number of nitrogens with zero attached hydrogens (tertiary/aromatic N) is 3. The van der Waals surface area contributed by atoms with Gasteiger partial charge in [0.15, 0.2) is 0 Å². The van der Waals surface area contributed by atoms with Crippen LogP contribution in [0, 0.1) is 13.8 Å².